The molecule has 1 heterocycles. The van der Waals surface area contributed by atoms with E-state index in [9.17, 15) is 9.59 Å². The average Bonchev–Trinajstić information content (AvgIpc) is 2.73. The van der Waals surface area contributed by atoms with E-state index in [4.69, 9.17) is 4.74 Å². The minimum atomic E-state index is -0.425. The largest absolute Gasteiger partial charge is 0.444 e. The maximum absolute atomic E-state index is 11.7. The Hall–Kier alpha value is -1.06. The third-order valence-corrected chi connectivity index (χ3v) is 3.40. The van der Waals surface area contributed by atoms with Crippen molar-refractivity contribution < 1.29 is 14.3 Å². The zero-order chi connectivity index (χ0) is 12.0. The molecule has 1 aliphatic carbocycles. The Morgan fingerprint density at radius 2 is 2.12 bits per heavy atom. The van der Waals surface area contributed by atoms with Gasteiger partial charge in [0.15, 0.2) is 0 Å². The first-order valence-electron chi connectivity index (χ1n) is 5.78. The van der Waals surface area contributed by atoms with E-state index >= 15 is 0 Å². The normalized spacial score (nSPS) is 26.2. The van der Waals surface area contributed by atoms with Crippen molar-refractivity contribution in [1.29, 1.82) is 0 Å². The van der Waals surface area contributed by atoms with Crippen LogP contribution in [0.2, 0.25) is 0 Å². The summed E-state index contributed by atoms with van der Waals surface area (Å²) in [7, 11) is 0. The maximum atomic E-state index is 11.7. The Bertz CT molecular complexity index is 313. The Labute approximate surface area is 95.9 Å². The Balaban J connectivity index is 1.77. The summed E-state index contributed by atoms with van der Waals surface area (Å²) >= 11 is 0. The van der Waals surface area contributed by atoms with Gasteiger partial charge >= 0.3 is 6.09 Å². The Morgan fingerprint density at radius 1 is 1.50 bits per heavy atom. The van der Waals surface area contributed by atoms with Gasteiger partial charge in [-0.15, -0.1) is 0 Å². The third-order valence-electron chi connectivity index (χ3n) is 3.40. The molecular formula is C12H19NO3. The lowest BCUT2D eigenvalue weighted by atomic mass is 9.93. The molecule has 0 radical (unpaired) electrons. The summed E-state index contributed by atoms with van der Waals surface area (Å²) < 4.78 is 5.28. The fourth-order valence-electron chi connectivity index (χ4n) is 2.44. The predicted octanol–water partition coefficient (Wildman–Crippen LogP) is 1.83. The van der Waals surface area contributed by atoms with Crippen LogP contribution in [0.1, 0.15) is 33.6 Å². The van der Waals surface area contributed by atoms with Gasteiger partial charge in [-0.1, -0.05) is 0 Å². The first kappa shape index (κ1) is 11.4. The van der Waals surface area contributed by atoms with Crippen LogP contribution in [-0.2, 0) is 9.53 Å². The highest BCUT2D eigenvalue weighted by atomic mass is 16.6. The van der Waals surface area contributed by atoms with Crippen molar-refractivity contribution in [3.8, 4) is 0 Å². The zero-order valence-corrected chi connectivity index (χ0v) is 10.2. The van der Waals surface area contributed by atoms with Crippen LogP contribution in [-0.4, -0.2) is 36.0 Å². The lowest BCUT2D eigenvalue weighted by Crippen LogP contribution is -2.53. The molecule has 4 nitrogen and oxygen atoms in total. The van der Waals surface area contributed by atoms with Gasteiger partial charge in [-0.25, -0.2) is 4.79 Å². The summed E-state index contributed by atoms with van der Waals surface area (Å²) in [5.74, 6) is 0.503. The second kappa shape index (κ2) is 3.47. The lowest BCUT2D eigenvalue weighted by Gasteiger charge is -2.41. The molecule has 2 aliphatic rings. The second-order valence-electron chi connectivity index (χ2n) is 6.00. The molecule has 2 fully saturated rings. The lowest BCUT2D eigenvalue weighted by molar-refractivity contribution is -0.108. The smallest absolute Gasteiger partial charge is 0.410 e. The van der Waals surface area contributed by atoms with E-state index in [1.165, 1.54) is 0 Å². The van der Waals surface area contributed by atoms with E-state index in [0.29, 0.717) is 12.3 Å². The number of likely N-dealkylation sites (tertiary alicyclic amines) is 1. The number of aldehydes is 1. The summed E-state index contributed by atoms with van der Waals surface area (Å²) in [6.07, 6.45) is 2.48. The van der Waals surface area contributed by atoms with Gasteiger partial charge in [-0.3, -0.25) is 0 Å². The summed E-state index contributed by atoms with van der Waals surface area (Å²) in [6, 6.07) is 0. The fraction of sp³-hybridized carbons (Fsp3) is 0.833. The van der Waals surface area contributed by atoms with Gasteiger partial charge in [0.25, 0.3) is 0 Å². The number of carbonyl (C=O) groups excluding carboxylic acids is 2. The monoisotopic (exact) mass is 225 g/mol. The maximum Gasteiger partial charge on any atom is 0.410 e. The highest BCUT2D eigenvalue weighted by molar-refractivity contribution is 5.70. The molecule has 90 valence electrons. The zero-order valence-electron chi connectivity index (χ0n) is 10.2. The SMILES string of the molecule is CC(C)(C)OC(=O)N1CC2(CC2CC=O)C1. The van der Waals surface area contributed by atoms with Gasteiger partial charge < -0.3 is 14.4 Å². The summed E-state index contributed by atoms with van der Waals surface area (Å²) in [4.78, 5) is 23.8. The molecule has 16 heavy (non-hydrogen) atoms. The third kappa shape index (κ3) is 2.06. The molecule has 0 aromatic carbocycles. The summed E-state index contributed by atoms with van der Waals surface area (Å²) in [5.41, 5.74) is -0.163. The molecule has 1 aliphatic heterocycles. The predicted molar refractivity (Wildman–Crippen MR) is 59.0 cm³/mol. The van der Waals surface area contributed by atoms with Crippen molar-refractivity contribution in [2.45, 2.75) is 39.2 Å². The van der Waals surface area contributed by atoms with Crippen molar-refractivity contribution in [2.24, 2.45) is 11.3 Å². The molecule has 2 rings (SSSR count). The molecule has 0 N–H and O–H groups in total. The second-order valence-corrected chi connectivity index (χ2v) is 6.00. The van der Waals surface area contributed by atoms with Gasteiger partial charge in [0.2, 0.25) is 0 Å². The number of hydrogen-bond acceptors (Lipinski definition) is 3. The van der Waals surface area contributed by atoms with Crippen molar-refractivity contribution in [3.05, 3.63) is 0 Å². The van der Waals surface area contributed by atoms with E-state index < -0.39 is 5.60 Å². The number of nitrogens with zero attached hydrogens (tertiary/aromatic N) is 1. The molecule has 0 aromatic rings. The van der Waals surface area contributed by atoms with Gasteiger partial charge in [0, 0.05) is 24.9 Å². The molecule has 0 bridgehead atoms. The quantitative estimate of drug-likeness (QED) is 0.673. The minimum absolute atomic E-state index is 0.227. The molecule has 1 saturated carbocycles. The van der Waals surface area contributed by atoms with Crippen LogP contribution in [0.5, 0.6) is 0 Å². The number of rotatable bonds is 2. The Morgan fingerprint density at radius 3 is 2.62 bits per heavy atom. The van der Waals surface area contributed by atoms with Crippen LogP contribution in [0, 0.1) is 11.3 Å². The van der Waals surface area contributed by atoms with Crippen LogP contribution >= 0.6 is 0 Å². The van der Waals surface area contributed by atoms with Gasteiger partial charge in [-0.05, 0) is 33.1 Å². The van der Waals surface area contributed by atoms with Crippen molar-refractivity contribution in [3.63, 3.8) is 0 Å². The van der Waals surface area contributed by atoms with Gasteiger partial charge in [0.05, 0.1) is 0 Å². The molecule has 4 heteroatoms. The van der Waals surface area contributed by atoms with Gasteiger partial charge in [-0.2, -0.15) is 0 Å². The molecule has 1 atom stereocenters. The topological polar surface area (TPSA) is 46.6 Å². The van der Waals surface area contributed by atoms with E-state index in [2.05, 4.69) is 0 Å². The van der Waals surface area contributed by atoms with Crippen molar-refractivity contribution in [1.82, 2.24) is 4.90 Å². The van der Waals surface area contributed by atoms with E-state index in [1.54, 1.807) is 4.90 Å². The van der Waals surface area contributed by atoms with E-state index in [-0.39, 0.29) is 11.5 Å². The van der Waals surface area contributed by atoms with Crippen LogP contribution in [0.15, 0.2) is 0 Å². The summed E-state index contributed by atoms with van der Waals surface area (Å²) in [6.45, 7) is 7.13. The average molecular weight is 225 g/mol. The van der Waals surface area contributed by atoms with Crippen molar-refractivity contribution in [2.75, 3.05) is 13.1 Å². The first-order valence-corrected chi connectivity index (χ1v) is 5.78. The van der Waals surface area contributed by atoms with Crippen LogP contribution < -0.4 is 0 Å². The fourth-order valence-corrected chi connectivity index (χ4v) is 2.44. The molecule has 1 spiro atoms. The number of ether oxygens (including phenoxy) is 1. The molecule has 0 aromatic heterocycles. The highest BCUT2D eigenvalue weighted by Gasteiger charge is 2.62. The Kier molecular flexibility index (Phi) is 2.48. The van der Waals surface area contributed by atoms with Crippen LogP contribution in [0.4, 0.5) is 4.79 Å². The number of hydrogen-bond donors (Lipinski definition) is 0. The van der Waals surface area contributed by atoms with E-state index in [1.807, 2.05) is 20.8 Å². The van der Waals surface area contributed by atoms with E-state index in [0.717, 1.165) is 25.8 Å². The molecule has 1 unspecified atom stereocenters. The standard InChI is InChI=1S/C12H19NO3/c1-11(2,3)16-10(15)13-7-12(8-13)6-9(12)4-5-14/h5,9H,4,6-8H2,1-3H3. The number of carbonyl (C=O) groups is 2. The van der Waals surface area contributed by atoms with Crippen LogP contribution in [0.3, 0.4) is 0 Å². The van der Waals surface area contributed by atoms with Crippen molar-refractivity contribution >= 4 is 12.4 Å². The molecule has 1 saturated heterocycles. The molecule has 1 amide bonds. The van der Waals surface area contributed by atoms with Gasteiger partial charge in [0.1, 0.15) is 11.9 Å². The summed E-state index contributed by atoms with van der Waals surface area (Å²) in [5, 5.41) is 0. The molecular weight excluding hydrogens is 206 g/mol. The first-order chi connectivity index (χ1) is 7.36. The highest BCUT2D eigenvalue weighted by Crippen LogP contribution is 2.59. The minimum Gasteiger partial charge on any atom is -0.444 e. The van der Waals surface area contributed by atoms with Crippen LogP contribution in [0.25, 0.3) is 0 Å². The number of amides is 1.